The zero-order chi connectivity index (χ0) is 7.98. The first kappa shape index (κ1) is 9.88. The highest BCUT2D eigenvalue weighted by Gasteiger charge is 2.08. The summed E-state index contributed by atoms with van der Waals surface area (Å²) < 4.78 is 0. The van der Waals surface area contributed by atoms with E-state index in [-0.39, 0.29) is 5.92 Å². The molecule has 62 valence electrons. The van der Waals surface area contributed by atoms with Gasteiger partial charge < -0.3 is 15.5 Å². The Morgan fingerprint density at radius 3 is 2.40 bits per heavy atom. The van der Waals surface area contributed by atoms with E-state index < -0.39 is 6.29 Å². The van der Waals surface area contributed by atoms with Gasteiger partial charge in [0.15, 0.2) is 6.29 Å². The molecule has 0 rings (SSSR count). The normalized spacial score (nSPS) is 14.1. The van der Waals surface area contributed by atoms with Crippen molar-refractivity contribution in [2.45, 2.75) is 26.1 Å². The van der Waals surface area contributed by atoms with E-state index in [4.69, 9.17) is 10.2 Å². The first-order chi connectivity index (χ1) is 4.68. The van der Waals surface area contributed by atoms with Gasteiger partial charge in [-0.3, -0.25) is 0 Å². The molecule has 0 aromatic rings. The topological polar surface area (TPSA) is 52.5 Å². The quantitative estimate of drug-likeness (QED) is 0.377. The molecule has 10 heavy (non-hydrogen) atoms. The minimum Gasteiger partial charge on any atom is -0.368 e. The first-order valence-electron chi connectivity index (χ1n) is 3.69. The fourth-order valence-corrected chi connectivity index (χ4v) is 0.750. The van der Waals surface area contributed by atoms with Crippen LogP contribution in [0.4, 0.5) is 0 Å². The van der Waals surface area contributed by atoms with Gasteiger partial charge in [-0.2, -0.15) is 0 Å². The molecule has 0 saturated carbocycles. The van der Waals surface area contributed by atoms with E-state index in [0.717, 1.165) is 19.4 Å². The smallest absolute Gasteiger partial charge is 0.154 e. The lowest BCUT2D eigenvalue weighted by atomic mass is 10.1. The molecule has 3 N–H and O–H groups in total. The molecule has 3 heteroatoms. The Morgan fingerprint density at radius 1 is 1.40 bits per heavy atom. The molecule has 0 amide bonds. The lowest BCUT2D eigenvalue weighted by molar-refractivity contribution is -0.0806. The van der Waals surface area contributed by atoms with Crippen molar-refractivity contribution in [2.24, 2.45) is 5.92 Å². The Balaban J connectivity index is 3.13. The van der Waals surface area contributed by atoms with Crippen LogP contribution in [0.25, 0.3) is 0 Å². The highest BCUT2D eigenvalue weighted by atomic mass is 16.5. The lowest BCUT2D eigenvalue weighted by Gasteiger charge is -2.12. The van der Waals surface area contributed by atoms with Gasteiger partial charge in [0.1, 0.15) is 0 Å². The van der Waals surface area contributed by atoms with E-state index in [1.54, 1.807) is 0 Å². The highest BCUT2D eigenvalue weighted by molar-refractivity contribution is 4.54. The number of hydrogen-bond donors (Lipinski definition) is 3. The largest absolute Gasteiger partial charge is 0.368 e. The van der Waals surface area contributed by atoms with E-state index in [9.17, 15) is 0 Å². The molecule has 0 spiro atoms. The summed E-state index contributed by atoms with van der Waals surface area (Å²) in [7, 11) is 1.89. The second-order valence-corrected chi connectivity index (χ2v) is 2.64. The Labute approximate surface area is 62.1 Å². The van der Waals surface area contributed by atoms with Crippen LogP contribution in [0.5, 0.6) is 0 Å². The molecular formula is C7H17NO2. The summed E-state index contributed by atoms with van der Waals surface area (Å²) in [5, 5.41) is 20.3. The van der Waals surface area contributed by atoms with Gasteiger partial charge in [0.25, 0.3) is 0 Å². The van der Waals surface area contributed by atoms with Crippen LogP contribution < -0.4 is 5.32 Å². The molecule has 0 aliphatic carbocycles. The van der Waals surface area contributed by atoms with Gasteiger partial charge in [0, 0.05) is 5.92 Å². The van der Waals surface area contributed by atoms with Gasteiger partial charge in [-0.25, -0.2) is 0 Å². The monoisotopic (exact) mass is 147 g/mol. The molecule has 1 unspecified atom stereocenters. The number of aliphatic hydroxyl groups is 2. The summed E-state index contributed by atoms with van der Waals surface area (Å²) in [4.78, 5) is 0. The maximum absolute atomic E-state index is 8.66. The second kappa shape index (κ2) is 5.65. The maximum Gasteiger partial charge on any atom is 0.154 e. The molecule has 0 heterocycles. The highest BCUT2D eigenvalue weighted by Crippen LogP contribution is 2.07. The van der Waals surface area contributed by atoms with Crippen molar-refractivity contribution in [3.8, 4) is 0 Å². The molecule has 0 aliphatic rings. The van der Waals surface area contributed by atoms with Crippen LogP contribution in [0.15, 0.2) is 0 Å². The molecule has 1 atom stereocenters. The predicted octanol–water partition coefficient (Wildman–Crippen LogP) is -0.0672. The zero-order valence-electron chi connectivity index (χ0n) is 6.67. The lowest BCUT2D eigenvalue weighted by Crippen LogP contribution is -2.18. The van der Waals surface area contributed by atoms with Crippen molar-refractivity contribution in [2.75, 3.05) is 13.6 Å². The van der Waals surface area contributed by atoms with Crippen molar-refractivity contribution in [1.29, 1.82) is 0 Å². The number of nitrogens with one attached hydrogen (secondary N) is 1. The minimum atomic E-state index is -1.16. The Kier molecular flexibility index (Phi) is 5.58. The van der Waals surface area contributed by atoms with Crippen LogP contribution in [0.2, 0.25) is 0 Å². The summed E-state index contributed by atoms with van der Waals surface area (Å²) in [6.07, 6.45) is 0.699. The molecule has 0 aliphatic heterocycles. The van der Waals surface area contributed by atoms with Crippen LogP contribution >= 0.6 is 0 Å². The Morgan fingerprint density at radius 2 is 2.00 bits per heavy atom. The number of aliphatic hydroxyl groups excluding tert-OH is 1. The minimum absolute atomic E-state index is 0.00616. The van der Waals surface area contributed by atoms with Gasteiger partial charge in [0.05, 0.1) is 0 Å². The first-order valence-corrected chi connectivity index (χ1v) is 3.69. The van der Waals surface area contributed by atoms with E-state index in [0.29, 0.717) is 0 Å². The van der Waals surface area contributed by atoms with Crippen LogP contribution in [0, 0.1) is 5.92 Å². The van der Waals surface area contributed by atoms with Crippen LogP contribution in [0.1, 0.15) is 19.8 Å². The van der Waals surface area contributed by atoms with Gasteiger partial charge in [0.2, 0.25) is 0 Å². The SMILES string of the molecule is CNCCCC(C)C(O)O. The predicted molar refractivity (Wildman–Crippen MR) is 40.6 cm³/mol. The molecule has 3 nitrogen and oxygen atoms in total. The van der Waals surface area contributed by atoms with Gasteiger partial charge >= 0.3 is 0 Å². The van der Waals surface area contributed by atoms with E-state index >= 15 is 0 Å². The third kappa shape index (κ3) is 4.73. The third-order valence-corrected chi connectivity index (χ3v) is 1.60. The van der Waals surface area contributed by atoms with Crippen LogP contribution in [0.3, 0.4) is 0 Å². The molecule has 0 bridgehead atoms. The number of rotatable bonds is 5. The summed E-state index contributed by atoms with van der Waals surface area (Å²) in [6, 6.07) is 0. The standard InChI is InChI=1S/C7H17NO2/c1-6(7(9)10)4-3-5-8-2/h6-10H,3-5H2,1-2H3. The molecule has 0 radical (unpaired) electrons. The van der Waals surface area contributed by atoms with Crippen molar-refractivity contribution >= 4 is 0 Å². The van der Waals surface area contributed by atoms with E-state index in [2.05, 4.69) is 5.32 Å². The Hall–Kier alpha value is -0.120. The summed E-state index contributed by atoms with van der Waals surface area (Å²) >= 11 is 0. The van der Waals surface area contributed by atoms with Crippen molar-refractivity contribution in [3.63, 3.8) is 0 Å². The van der Waals surface area contributed by atoms with Crippen LogP contribution in [-0.2, 0) is 0 Å². The number of hydrogen-bond acceptors (Lipinski definition) is 3. The average Bonchev–Trinajstić information content (AvgIpc) is 1.88. The van der Waals surface area contributed by atoms with Gasteiger partial charge in [-0.15, -0.1) is 0 Å². The Bertz CT molecular complexity index is 76.0. The fraction of sp³-hybridized carbons (Fsp3) is 1.00. The molecular weight excluding hydrogens is 130 g/mol. The maximum atomic E-state index is 8.66. The average molecular weight is 147 g/mol. The summed E-state index contributed by atoms with van der Waals surface area (Å²) in [5.74, 6) is -0.00616. The molecule has 0 aromatic heterocycles. The zero-order valence-corrected chi connectivity index (χ0v) is 6.67. The van der Waals surface area contributed by atoms with Crippen molar-refractivity contribution in [1.82, 2.24) is 5.32 Å². The van der Waals surface area contributed by atoms with E-state index in [1.165, 1.54) is 0 Å². The molecule has 0 saturated heterocycles. The fourth-order valence-electron chi connectivity index (χ4n) is 0.750. The second-order valence-electron chi connectivity index (χ2n) is 2.64. The van der Waals surface area contributed by atoms with Gasteiger partial charge in [-0.05, 0) is 26.4 Å². The van der Waals surface area contributed by atoms with Crippen LogP contribution in [-0.4, -0.2) is 30.1 Å². The molecule has 0 fully saturated rings. The van der Waals surface area contributed by atoms with E-state index in [1.807, 2.05) is 14.0 Å². The molecule has 0 aromatic carbocycles. The van der Waals surface area contributed by atoms with Gasteiger partial charge in [-0.1, -0.05) is 6.92 Å². The summed E-state index contributed by atoms with van der Waals surface area (Å²) in [5.41, 5.74) is 0. The third-order valence-electron chi connectivity index (χ3n) is 1.60. The van der Waals surface area contributed by atoms with Crippen molar-refractivity contribution < 1.29 is 10.2 Å². The van der Waals surface area contributed by atoms with Crippen molar-refractivity contribution in [3.05, 3.63) is 0 Å². The summed E-state index contributed by atoms with van der Waals surface area (Å²) in [6.45, 7) is 2.78.